The Bertz CT molecular complexity index is 1520. The maximum atomic E-state index is 13.5. The van der Waals surface area contributed by atoms with Gasteiger partial charge in [0.05, 0.1) is 31.9 Å². The highest BCUT2D eigenvalue weighted by molar-refractivity contribution is 5.97. The number of hydrogen-bond donors (Lipinski definition) is 14. The van der Waals surface area contributed by atoms with Gasteiger partial charge >= 0.3 is 17.9 Å². The average Bonchev–Trinajstić information content (AvgIpc) is 3.60. The summed E-state index contributed by atoms with van der Waals surface area (Å²) in [6.45, 7) is 0.0117. The molecule has 6 atom stereocenters. The van der Waals surface area contributed by atoms with Crippen LogP contribution in [0, 0.1) is 0 Å². The summed E-state index contributed by atoms with van der Waals surface area (Å²) in [5.74, 6) is -10.9. The average molecular weight is 771 g/mol. The number of carboxylic acid groups (broad SMARTS) is 3. The molecule has 1 heterocycles. The second kappa shape index (κ2) is 23.2. The van der Waals surface area contributed by atoms with Crippen molar-refractivity contribution in [3.8, 4) is 0 Å². The summed E-state index contributed by atoms with van der Waals surface area (Å²) in [5.41, 5.74) is 16.2. The highest BCUT2D eigenvalue weighted by Crippen LogP contribution is 2.06. The number of nitrogens with two attached hydrogens (primary N) is 3. The van der Waals surface area contributed by atoms with Gasteiger partial charge in [-0.15, -0.1) is 0 Å². The molecular weight excluding hydrogens is 724 g/mol. The summed E-state index contributed by atoms with van der Waals surface area (Å²) in [6.07, 6.45) is -1.43. The Morgan fingerprint density at radius 1 is 0.796 bits per heavy atom. The van der Waals surface area contributed by atoms with Crippen molar-refractivity contribution in [2.45, 2.75) is 81.8 Å². The first-order chi connectivity index (χ1) is 25.3. The molecule has 0 spiro atoms. The van der Waals surface area contributed by atoms with E-state index in [2.05, 4.69) is 36.2 Å². The number of aromatic amines is 1. The fraction of sp³-hybridized carbons (Fsp3) is 0.552. The van der Waals surface area contributed by atoms with E-state index in [1.165, 1.54) is 12.5 Å². The van der Waals surface area contributed by atoms with Gasteiger partial charge in [-0.3, -0.25) is 43.3 Å². The number of rotatable bonds is 25. The number of nitrogens with zero attached hydrogens (tertiary/aromatic N) is 2. The zero-order chi connectivity index (χ0) is 41.0. The lowest BCUT2D eigenvalue weighted by Gasteiger charge is -2.26. The maximum Gasteiger partial charge on any atom is 0.328 e. The number of carboxylic acids is 3. The Morgan fingerprint density at radius 3 is 1.93 bits per heavy atom. The Hall–Kier alpha value is -6.37. The van der Waals surface area contributed by atoms with Crippen molar-refractivity contribution in [1.29, 1.82) is 0 Å². The Balaban J connectivity index is 3.19. The van der Waals surface area contributed by atoms with Gasteiger partial charge in [-0.1, -0.05) is 0 Å². The molecular formula is C29H46N12O13. The van der Waals surface area contributed by atoms with Crippen LogP contribution in [0.4, 0.5) is 0 Å². The molecule has 0 bridgehead atoms. The number of aliphatic hydroxyl groups is 1. The third kappa shape index (κ3) is 17.7. The molecule has 0 aliphatic heterocycles. The van der Waals surface area contributed by atoms with Crippen LogP contribution < -0.4 is 49.1 Å². The number of imidazole rings is 1. The van der Waals surface area contributed by atoms with E-state index in [0.717, 1.165) is 6.92 Å². The molecule has 1 aromatic heterocycles. The second-order valence-corrected chi connectivity index (χ2v) is 11.6. The number of amides is 6. The molecule has 0 radical (unpaired) electrons. The predicted octanol–water partition coefficient (Wildman–Crippen LogP) is -6.69. The largest absolute Gasteiger partial charge is 0.481 e. The smallest absolute Gasteiger partial charge is 0.328 e. The predicted molar refractivity (Wildman–Crippen MR) is 182 cm³/mol. The van der Waals surface area contributed by atoms with Crippen LogP contribution in [0.15, 0.2) is 17.5 Å². The van der Waals surface area contributed by atoms with E-state index in [9.17, 15) is 63.6 Å². The number of carbonyl (C=O) groups is 9. The fourth-order valence-electron chi connectivity index (χ4n) is 4.49. The molecule has 17 N–H and O–H groups in total. The molecule has 0 aliphatic rings. The number of aliphatic carboxylic acids is 3. The number of H-pyrrole nitrogens is 1. The standard InChI is InChI=1S/C29H46N12O13/c1-13(42)23(28(53)54)41-27(52)18(8-22(47)48)40-25(50)16(4-5-21(45)46)39-26(51)17(7-14-10-33-12-36-14)38-20(44)11-35-24(49)15(37-19(43)9-30)3-2-6-34-29(31)32/h10,12-13,15-18,23,42H,2-9,11,30H2,1H3,(H,33,36)(H,35,49)(H,37,43)(H,38,44)(H,39,51)(H,40,50)(H,41,52)(H,45,46)(H,47,48)(H,53,54)(H4,31,32,34)/t13-,15+,16+,17+,18+,23+/m1/s1. The van der Waals surface area contributed by atoms with Crippen molar-refractivity contribution in [2.75, 3.05) is 19.6 Å². The van der Waals surface area contributed by atoms with Crippen LogP contribution in [0.25, 0.3) is 0 Å². The van der Waals surface area contributed by atoms with Crippen molar-refractivity contribution in [3.63, 3.8) is 0 Å². The molecule has 0 saturated carbocycles. The van der Waals surface area contributed by atoms with Gasteiger partial charge in [0.2, 0.25) is 35.4 Å². The monoisotopic (exact) mass is 770 g/mol. The first-order valence-corrected chi connectivity index (χ1v) is 16.2. The molecule has 300 valence electrons. The number of nitrogens with one attached hydrogen (secondary N) is 7. The summed E-state index contributed by atoms with van der Waals surface area (Å²) >= 11 is 0. The Labute approximate surface area is 306 Å². The lowest BCUT2D eigenvalue weighted by atomic mass is 10.1. The molecule has 25 nitrogen and oxygen atoms in total. The zero-order valence-corrected chi connectivity index (χ0v) is 29.1. The zero-order valence-electron chi connectivity index (χ0n) is 29.1. The van der Waals surface area contributed by atoms with Gasteiger partial charge in [0, 0.05) is 31.3 Å². The van der Waals surface area contributed by atoms with E-state index in [1.807, 2.05) is 10.6 Å². The van der Waals surface area contributed by atoms with E-state index >= 15 is 0 Å². The Morgan fingerprint density at radius 2 is 1.39 bits per heavy atom. The van der Waals surface area contributed by atoms with Gasteiger partial charge in [0.15, 0.2) is 12.0 Å². The maximum absolute atomic E-state index is 13.5. The van der Waals surface area contributed by atoms with Crippen molar-refractivity contribution in [1.82, 2.24) is 41.9 Å². The van der Waals surface area contributed by atoms with Crippen molar-refractivity contribution >= 4 is 59.3 Å². The second-order valence-electron chi connectivity index (χ2n) is 11.6. The minimum atomic E-state index is -1.95. The molecule has 0 saturated heterocycles. The molecule has 1 aromatic rings. The molecule has 0 unspecified atom stereocenters. The van der Waals surface area contributed by atoms with Crippen molar-refractivity contribution in [2.24, 2.45) is 22.2 Å². The molecule has 1 rings (SSSR count). The number of carbonyl (C=O) groups excluding carboxylic acids is 6. The van der Waals surface area contributed by atoms with Crippen LogP contribution in [0.3, 0.4) is 0 Å². The number of aromatic nitrogens is 2. The normalized spacial score (nSPS) is 14.0. The van der Waals surface area contributed by atoms with Gasteiger partial charge < -0.3 is 74.5 Å². The highest BCUT2D eigenvalue weighted by atomic mass is 16.4. The number of hydrogen-bond acceptors (Lipinski definition) is 13. The van der Waals surface area contributed by atoms with Crippen LogP contribution in [0.2, 0.25) is 0 Å². The number of aliphatic hydroxyl groups excluding tert-OH is 1. The quantitative estimate of drug-likeness (QED) is 0.0250. The molecule has 0 aromatic carbocycles. The summed E-state index contributed by atoms with van der Waals surface area (Å²) in [7, 11) is 0. The molecule has 54 heavy (non-hydrogen) atoms. The van der Waals surface area contributed by atoms with Crippen LogP contribution in [-0.4, -0.2) is 146 Å². The van der Waals surface area contributed by atoms with Crippen LogP contribution in [0.5, 0.6) is 0 Å². The summed E-state index contributed by atoms with van der Waals surface area (Å²) in [5, 5.41) is 50.8. The molecule has 6 amide bonds. The summed E-state index contributed by atoms with van der Waals surface area (Å²) in [6, 6.07) is -8.25. The van der Waals surface area contributed by atoms with E-state index in [4.69, 9.17) is 17.2 Å². The van der Waals surface area contributed by atoms with Crippen LogP contribution >= 0.6 is 0 Å². The molecule has 0 aliphatic carbocycles. The topological polar surface area (TPSA) is 426 Å². The lowest BCUT2D eigenvalue weighted by molar-refractivity contribution is -0.146. The minimum Gasteiger partial charge on any atom is -0.481 e. The van der Waals surface area contributed by atoms with E-state index in [-0.39, 0.29) is 31.8 Å². The number of guanidine groups is 1. The third-order valence-electron chi connectivity index (χ3n) is 7.17. The number of aliphatic imine (C=N–C) groups is 1. The van der Waals surface area contributed by atoms with E-state index in [1.54, 1.807) is 0 Å². The fourth-order valence-corrected chi connectivity index (χ4v) is 4.49. The SMILES string of the molecule is C[C@@H](O)[C@H](NC(=O)[C@H](CC(=O)O)NC(=O)[C@H](CCC(=O)O)NC(=O)[C@H](Cc1cnc[nH]1)NC(=O)CNC(=O)[C@H](CCCN=C(N)N)NC(=O)CN)C(=O)O. The summed E-state index contributed by atoms with van der Waals surface area (Å²) < 4.78 is 0. The molecule has 25 heteroatoms. The highest BCUT2D eigenvalue weighted by Gasteiger charge is 2.34. The minimum absolute atomic E-state index is 0.0519. The Kier molecular flexibility index (Phi) is 19.6. The van der Waals surface area contributed by atoms with Crippen molar-refractivity contribution < 1.29 is 63.6 Å². The lowest BCUT2D eigenvalue weighted by Crippen LogP contribution is -2.59. The van der Waals surface area contributed by atoms with Gasteiger partial charge in [-0.05, 0) is 26.2 Å². The van der Waals surface area contributed by atoms with Gasteiger partial charge in [-0.2, -0.15) is 0 Å². The first-order valence-electron chi connectivity index (χ1n) is 16.2. The van der Waals surface area contributed by atoms with Crippen LogP contribution in [0.1, 0.15) is 44.7 Å². The first kappa shape index (κ1) is 45.7. The van der Waals surface area contributed by atoms with Crippen molar-refractivity contribution in [3.05, 3.63) is 18.2 Å². The van der Waals surface area contributed by atoms with Gasteiger partial charge in [-0.25, -0.2) is 9.78 Å². The van der Waals surface area contributed by atoms with E-state index in [0.29, 0.717) is 5.69 Å². The van der Waals surface area contributed by atoms with Gasteiger partial charge in [0.1, 0.15) is 24.2 Å². The third-order valence-corrected chi connectivity index (χ3v) is 7.17. The molecule has 0 fully saturated rings. The van der Waals surface area contributed by atoms with Crippen LogP contribution in [-0.2, 0) is 49.6 Å². The van der Waals surface area contributed by atoms with Gasteiger partial charge in [0.25, 0.3) is 0 Å². The van der Waals surface area contributed by atoms with E-state index < -0.39 is 122 Å². The summed E-state index contributed by atoms with van der Waals surface area (Å²) in [4.78, 5) is 122.